The Hall–Kier alpha value is -2.31. The van der Waals surface area contributed by atoms with Crippen LogP contribution in [0.4, 0.5) is 0 Å². The minimum atomic E-state index is -0.112. The van der Waals surface area contributed by atoms with Crippen LogP contribution in [-0.4, -0.2) is 21.5 Å². The molecule has 7 heteroatoms. The van der Waals surface area contributed by atoms with Crippen LogP contribution in [0.25, 0.3) is 16.6 Å². The van der Waals surface area contributed by atoms with Gasteiger partial charge in [-0.1, -0.05) is 29.3 Å². The van der Waals surface area contributed by atoms with Crippen LogP contribution in [-0.2, 0) is 6.54 Å². The third kappa shape index (κ3) is 3.29. The second-order valence-electron chi connectivity index (χ2n) is 4.27. The van der Waals surface area contributed by atoms with Gasteiger partial charge in [-0.3, -0.25) is 4.68 Å². The smallest absolute Gasteiger partial charge is 0.216 e. The lowest BCUT2D eigenvalue weighted by molar-refractivity contribution is 0.269. The molecule has 22 heavy (non-hydrogen) atoms. The van der Waals surface area contributed by atoms with Crippen molar-refractivity contribution in [2.75, 3.05) is 6.61 Å². The average Bonchev–Trinajstić information content (AvgIpc) is 2.90. The first-order valence-corrected chi connectivity index (χ1v) is 6.98. The fourth-order valence-electron chi connectivity index (χ4n) is 1.85. The third-order valence-corrected chi connectivity index (χ3v) is 3.51. The van der Waals surface area contributed by atoms with Crippen LogP contribution in [0, 0.1) is 17.9 Å². The van der Waals surface area contributed by atoms with Crippen LogP contribution in [0.3, 0.4) is 0 Å². The molecule has 1 aromatic heterocycles. The van der Waals surface area contributed by atoms with Crippen LogP contribution in [0.15, 0.2) is 24.4 Å². The maximum Gasteiger partial charge on any atom is 0.216 e. The van der Waals surface area contributed by atoms with E-state index in [4.69, 9.17) is 34.9 Å². The monoisotopic (exact) mass is 332 g/mol. The lowest BCUT2D eigenvalue weighted by Gasteiger charge is -2.02. The summed E-state index contributed by atoms with van der Waals surface area (Å²) in [7, 11) is 0. The summed E-state index contributed by atoms with van der Waals surface area (Å²) in [5.74, 6) is 0. The fraction of sp³-hybridized carbons (Fsp3) is 0.133. The van der Waals surface area contributed by atoms with Gasteiger partial charge in [0.2, 0.25) is 5.70 Å². The van der Waals surface area contributed by atoms with Crippen LogP contribution in [0.5, 0.6) is 0 Å². The number of aliphatic hydroxyl groups excluding tert-OH is 1. The lowest BCUT2D eigenvalue weighted by atomic mass is 10.1. The Morgan fingerprint density at radius 2 is 2.14 bits per heavy atom. The van der Waals surface area contributed by atoms with E-state index in [1.165, 1.54) is 17.0 Å². The van der Waals surface area contributed by atoms with Gasteiger partial charge in [0, 0.05) is 21.8 Å². The highest BCUT2D eigenvalue weighted by molar-refractivity contribution is 6.37. The van der Waals surface area contributed by atoms with Gasteiger partial charge >= 0.3 is 0 Å². The summed E-state index contributed by atoms with van der Waals surface area (Å²) < 4.78 is 1.42. The Balaban J connectivity index is 2.56. The topological polar surface area (TPSA) is 66.2 Å². The standard InChI is InChI=1S/C15H10Cl2N4O/c1-19-14(7-11-12(16)3-2-4-13(11)17)15-10(8-18)9-21(20-15)5-6-22/h2-4,7,9,22H,5-6H2. The summed E-state index contributed by atoms with van der Waals surface area (Å²) >= 11 is 12.2. The van der Waals surface area contributed by atoms with Gasteiger partial charge in [-0.05, 0) is 18.2 Å². The van der Waals surface area contributed by atoms with Gasteiger partial charge < -0.3 is 5.11 Å². The molecule has 2 aromatic rings. The van der Waals surface area contributed by atoms with Gasteiger partial charge in [0.15, 0.2) is 0 Å². The van der Waals surface area contributed by atoms with Crippen molar-refractivity contribution in [2.45, 2.75) is 6.54 Å². The van der Waals surface area contributed by atoms with E-state index in [2.05, 4.69) is 9.94 Å². The Morgan fingerprint density at radius 1 is 1.45 bits per heavy atom. The predicted octanol–water partition coefficient (Wildman–Crippen LogP) is 3.47. The zero-order valence-electron chi connectivity index (χ0n) is 11.3. The third-order valence-electron chi connectivity index (χ3n) is 2.86. The van der Waals surface area contributed by atoms with Crippen LogP contribution >= 0.6 is 23.2 Å². The fourth-order valence-corrected chi connectivity index (χ4v) is 2.35. The summed E-state index contributed by atoms with van der Waals surface area (Å²) in [5, 5.41) is 23.1. The van der Waals surface area contributed by atoms with Crippen molar-refractivity contribution in [3.63, 3.8) is 0 Å². The van der Waals surface area contributed by atoms with Gasteiger partial charge in [0.25, 0.3) is 0 Å². The molecule has 5 nitrogen and oxygen atoms in total. The number of hydrogen-bond acceptors (Lipinski definition) is 3. The van der Waals surface area contributed by atoms with Gasteiger partial charge in [0.05, 0.1) is 25.3 Å². The molecule has 2 rings (SSSR count). The molecule has 0 bridgehead atoms. The molecule has 0 saturated heterocycles. The lowest BCUT2D eigenvalue weighted by Crippen LogP contribution is -2.02. The first-order valence-electron chi connectivity index (χ1n) is 6.22. The molecule has 0 fully saturated rings. The number of halogens is 2. The predicted molar refractivity (Wildman–Crippen MR) is 85.0 cm³/mol. The van der Waals surface area contributed by atoms with E-state index in [-0.39, 0.29) is 30.1 Å². The largest absolute Gasteiger partial charge is 0.394 e. The minimum absolute atomic E-state index is 0.112. The number of nitriles is 1. The number of rotatable bonds is 4. The molecule has 1 N–H and O–H groups in total. The summed E-state index contributed by atoms with van der Waals surface area (Å²) in [4.78, 5) is 3.42. The molecule has 0 atom stereocenters. The molecule has 0 radical (unpaired) electrons. The molecule has 110 valence electrons. The summed E-state index contributed by atoms with van der Waals surface area (Å²) in [5.41, 5.74) is 1.14. The quantitative estimate of drug-likeness (QED) is 0.871. The Morgan fingerprint density at radius 3 is 2.68 bits per heavy atom. The maximum absolute atomic E-state index is 9.17. The van der Waals surface area contributed by atoms with E-state index < -0.39 is 0 Å². The SMILES string of the molecule is [C-]#[N+]C(=Cc1c(Cl)cccc1Cl)c1nn(CCO)cc1C#N. The summed E-state index contributed by atoms with van der Waals surface area (Å²) in [6.45, 7) is 7.46. The molecule has 1 aromatic carbocycles. The van der Waals surface area contributed by atoms with Crippen molar-refractivity contribution in [1.29, 1.82) is 5.26 Å². The van der Waals surface area contributed by atoms with Crippen LogP contribution in [0.2, 0.25) is 10.0 Å². The van der Waals surface area contributed by atoms with E-state index in [0.717, 1.165) is 0 Å². The molecule has 0 unspecified atom stereocenters. The van der Waals surface area contributed by atoms with Crippen LogP contribution < -0.4 is 0 Å². The van der Waals surface area contributed by atoms with Crippen molar-refractivity contribution in [2.24, 2.45) is 0 Å². The van der Waals surface area contributed by atoms with Crippen molar-refractivity contribution >= 4 is 35.0 Å². The molecule has 0 aliphatic carbocycles. The highest BCUT2D eigenvalue weighted by Crippen LogP contribution is 2.30. The van der Waals surface area contributed by atoms with Crippen LogP contribution in [0.1, 0.15) is 16.8 Å². The molecule has 1 heterocycles. The molecule has 0 aliphatic heterocycles. The molecule has 0 saturated carbocycles. The van der Waals surface area contributed by atoms with E-state index >= 15 is 0 Å². The zero-order valence-corrected chi connectivity index (χ0v) is 12.8. The van der Waals surface area contributed by atoms with E-state index in [9.17, 15) is 5.26 Å². The van der Waals surface area contributed by atoms with E-state index in [1.54, 1.807) is 18.2 Å². The number of hydrogen-bond donors (Lipinski definition) is 1. The molecular weight excluding hydrogens is 323 g/mol. The first kappa shape index (κ1) is 16.1. The van der Waals surface area contributed by atoms with Crippen molar-refractivity contribution in [3.05, 3.63) is 62.7 Å². The highest BCUT2D eigenvalue weighted by atomic mass is 35.5. The average molecular weight is 333 g/mol. The summed E-state index contributed by atoms with van der Waals surface area (Å²) in [6, 6.07) is 7.02. The minimum Gasteiger partial charge on any atom is -0.394 e. The van der Waals surface area contributed by atoms with Gasteiger partial charge in [-0.2, -0.15) is 10.4 Å². The maximum atomic E-state index is 9.17. The molecule has 0 spiro atoms. The van der Waals surface area contributed by atoms with Crippen molar-refractivity contribution in [1.82, 2.24) is 9.78 Å². The van der Waals surface area contributed by atoms with Crippen molar-refractivity contribution in [3.8, 4) is 6.07 Å². The van der Waals surface area contributed by atoms with Gasteiger partial charge in [-0.25, -0.2) is 4.85 Å². The normalized spacial score (nSPS) is 11.0. The Labute approximate surface area is 137 Å². The highest BCUT2D eigenvalue weighted by Gasteiger charge is 2.15. The Kier molecular flexibility index (Phi) is 5.19. The van der Waals surface area contributed by atoms with Crippen molar-refractivity contribution < 1.29 is 5.11 Å². The van der Waals surface area contributed by atoms with Gasteiger partial charge in [0.1, 0.15) is 11.8 Å². The second kappa shape index (κ2) is 7.11. The van der Waals surface area contributed by atoms with E-state index in [1.807, 2.05) is 6.07 Å². The number of nitrogens with zero attached hydrogens (tertiary/aromatic N) is 4. The zero-order chi connectivity index (χ0) is 16.1. The molecule has 0 amide bonds. The number of benzene rings is 1. The summed E-state index contributed by atoms with van der Waals surface area (Å²) in [6.07, 6.45) is 2.99. The Bertz CT molecular complexity index is 792. The van der Waals surface area contributed by atoms with Gasteiger partial charge in [-0.15, -0.1) is 0 Å². The number of aromatic nitrogens is 2. The molecular formula is C15H10Cl2N4O. The second-order valence-corrected chi connectivity index (χ2v) is 5.08. The number of aliphatic hydroxyl groups is 1. The first-order chi connectivity index (χ1) is 10.6. The molecule has 0 aliphatic rings. The van der Waals surface area contributed by atoms with E-state index in [0.29, 0.717) is 15.6 Å².